The number of phosphoric acid groups is 1. The van der Waals surface area contributed by atoms with Crippen molar-refractivity contribution in [3.63, 3.8) is 0 Å². The van der Waals surface area contributed by atoms with Crippen LogP contribution in [0.1, 0.15) is 0 Å². The Hall–Kier alpha value is 0.269. The van der Waals surface area contributed by atoms with Crippen molar-refractivity contribution in [3.8, 4) is 0 Å². The Balaban J connectivity index is -0.00000000178. The molecule has 18 N–H and O–H groups in total. The minimum Gasteiger partial charge on any atom is -0.822 e. The van der Waals surface area contributed by atoms with Gasteiger partial charge >= 0.3 is 17.1 Å². The van der Waals surface area contributed by atoms with Gasteiger partial charge in [0.15, 0.2) is 0 Å². The zero-order valence-electron chi connectivity index (χ0n) is 6.93. The van der Waals surface area contributed by atoms with Gasteiger partial charge in [-0.3, -0.25) is 0 Å². The van der Waals surface area contributed by atoms with Crippen LogP contribution in [0, 0.1) is 0 Å². The Bertz CT molecular complexity index is 56.7. The summed E-state index contributed by atoms with van der Waals surface area (Å²) in [6.07, 6.45) is 0. The molecule has 13 nitrogen and oxygen atoms in total. The molecule has 15 heteroatoms. The van der Waals surface area contributed by atoms with Crippen LogP contribution in [0.2, 0.25) is 0 Å². The van der Waals surface area contributed by atoms with Crippen LogP contribution in [0.4, 0.5) is 0 Å². The zero-order chi connectivity index (χ0) is 4.50. The summed E-state index contributed by atoms with van der Waals surface area (Å²) in [7, 11) is -5.39. The van der Waals surface area contributed by atoms with Crippen LogP contribution in [0.25, 0.3) is 0 Å². The first-order valence-electron chi connectivity index (χ1n) is 0.730. The van der Waals surface area contributed by atoms with Crippen LogP contribution in [-0.2, 0) is 21.6 Å². The van der Waals surface area contributed by atoms with Gasteiger partial charge in [-0.15, -0.1) is 0 Å². The maximum atomic E-state index is 8.55. The van der Waals surface area contributed by atoms with E-state index in [2.05, 4.69) is 0 Å². The van der Waals surface area contributed by atoms with Crippen LogP contribution >= 0.6 is 7.82 Å². The summed E-state index contributed by atoms with van der Waals surface area (Å²) < 4.78 is 8.55. The van der Waals surface area contributed by atoms with E-state index in [1.54, 1.807) is 0 Å². The Kier molecular flexibility index (Phi) is 727. The maximum absolute atomic E-state index is 8.55. The van der Waals surface area contributed by atoms with Gasteiger partial charge < -0.3 is 68.5 Å². The van der Waals surface area contributed by atoms with E-state index in [-0.39, 0.29) is 66.4 Å². The van der Waals surface area contributed by atoms with E-state index in [4.69, 9.17) is 19.2 Å². The fourth-order valence-electron chi connectivity index (χ4n) is 0. The summed E-state index contributed by atoms with van der Waals surface area (Å²) in [6.45, 7) is 0. The number of hydrogen-bond acceptors (Lipinski definition) is 4. The average Bonchev–Trinajstić information content (AvgIpc) is 0.722. The third kappa shape index (κ3) is 29600. The van der Waals surface area contributed by atoms with Gasteiger partial charge in [-0.2, -0.15) is 7.82 Å². The van der Waals surface area contributed by atoms with E-state index in [0.29, 0.717) is 0 Å². The van der Waals surface area contributed by atoms with Crippen molar-refractivity contribution in [1.29, 1.82) is 0 Å². The van der Waals surface area contributed by atoms with Crippen molar-refractivity contribution in [2.75, 3.05) is 0 Å². The van der Waals surface area contributed by atoms with Gasteiger partial charge in [-0.1, -0.05) is 0 Å². The molecule has 0 aromatic carbocycles. The fourth-order valence-corrected chi connectivity index (χ4v) is 0. The van der Waals surface area contributed by atoms with Gasteiger partial charge in [0.25, 0.3) is 0 Å². The van der Waals surface area contributed by atoms with Crippen LogP contribution in [-0.4, -0.2) is 49.3 Å². The van der Waals surface area contributed by atoms with Gasteiger partial charge in [0.1, 0.15) is 0 Å². The van der Waals surface area contributed by atoms with E-state index in [1.165, 1.54) is 0 Å². The SMILES string of the molecule is O.O.O.O.O.O.O.O.O.O=P([O-])([O-])[O-].[Fe+3]. The molecule has 0 fully saturated rings. The van der Waals surface area contributed by atoms with Gasteiger partial charge in [-0.25, -0.2) is 0 Å². The summed E-state index contributed by atoms with van der Waals surface area (Å²) in [5.41, 5.74) is 0. The molecule has 0 saturated carbocycles. The molecule has 1 radical (unpaired) electrons. The Morgan fingerprint density at radius 1 is 0.533 bits per heavy atom. The standard InChI is InChI=1S/Fe.H3O4P.9H2O/c;1-5(2,3)4;;;;;;;;;/h;(H3,1,2,3,4);9*1H2/q+3;;;;;;;;;;/p-3. The molecule has 0 bridgehead atoms. The summed E-state index contributed by atoms with van der Waals surface area (Å²) in [4.78, 5) is 25.6. The van der Waals surface area contributed by atoms with E-state index in [9.17, 15) is 0 Å². The van der Waals surface area contributed by atoms with Crippen LogP contribution < -0.4 is 14.7 Å². The second kappa shape index (κ2) is 63.9. The molecule has 0 heterocycles. The van der Waals surface area contributed by atoms with E-state index < -0.39 is 7.82 Å². The Morgan fingerprint density at radius 3 is 0.533 bits per heavy atom. The fraction of sp³-hybridized carbons (Fsp3) is 0. The zero-order valence-corrected chi connectivity index (χ0v) is 8.93. The van der Waals surface area contributed by atoms with Crippen molar-refractivity contribution < 1.29 is 85.6 Å². The maximum Gasteiger partial charge on any atom is 3.00 e. The van der Waals surface area contributed by atoms with Crippen molar-refractivity contribution in [3.05, 3.63) is 0 Å². The molecule has 109 valence electrons. The third-order valence-electron chi connectivity index (χ3n) is 0. The molecule has 0 rings (SSSR count). The summed E-state index contributed by atoms with van der Waals surface area (Å²) in [5, 5.41) is 0. The van der Waals surface area contributed by atoms with E-state index in [0.717, 1.165) is 0 Å². The summed E-state index contributed by atoms with van der Waals surface area (Å²) in [6, 6.07) is 0. The number of hydrogen-bond donors (Lipinski definition) is 0. The van der Waals surface area contributed by atoms with Crippen LogP contribution in [0.15, 0.2) is 0 Å². The predicted molar refractivity (Wildman–Crippen MR) is 40.1 cm³/mol. The van der Waals surface area contributed by atoms with Crippen molar-refractivity contribution in [1.82, 2.24) is 0 Å². The molecule has 0 amide bonds. The van der Waals surface area contributed by atoms with E-state index >= 15 is 0 Å². The predicted octanol–water partition coefficient (Wildman–Crippen LogP) is -10.2. The minimum absolute atomic E-state index is 0. The first kappa shape index (κ1) is 171. The van der Waals surface area contributed by atoms with Crippen molar-refractivity contribution >= 4 is 7.82 Å². The molecule has 0 aliphatic heterocycles. The molecular weight excluding hydrogens is 295 g/mol. The molecular formula is H18FeO13P. The summed E-state index contributed by atoms with van der Waals surface area (Å²) in [5.74, 6) is 0. The first-order chi connectivity index (χ1) is 2.00. The van der Waals surface area contributed by atoms with Crippen LogP contribution in [0.3, 0.4) is 0 Å². The van der Waals surface area contributed by atoms with E-state index in [1.807, 2.05) is 0 Å². The molecule has 15 heavy (non-hydrogen) atoms. The Labute approximate surface area is 94.2 Å². The van der Waals surface area contributed by atoms with Gasteiger partial charge in [0, 0.05) is 0 Å². The topological polar surface area (TPSA) is 370 Å². The molecule has 0 unspecified atom stereocenters. The summed E-state index contributed by atoms with van der Waals surface area (Å²) >= 11 is 0. The van der Waals surface area contributed by atoms with Gasteiger partial charge in [0.2, 0.25) is 0 Å². The largest absolute Gasteiger partial charge is 3.00 e. The van der Waals surface area contributed by atoms with Crippen LogP contribution in [0.5, 0.6) is 0 Å². The molecule has 0 aromatic heterocycles. The quantitative estimate of drug-likeness (QED) is 0.310. The Morgan fingerprint density at radius 2 is 0.533 bits per heavy atom. The third-order valence-corrected chi connectivity index (χ3v) is 0. The van der Waals surface area contributed by atoms with Gasteiger partial charge in [-0.05, 0) is 0 Å². The normalized spacial score (nSPS) is 3.93. The van der Waals surface area contributed by atoms with Crippen molar-refractivity contribution in [2.24, 2.45) is 0 Å². The monoisotopic (exact) mass is 313 g/mol. The molecule has 0 atom stereocenters. The van der Waals surface area contributed by atoms with Crippen molar-refractivity contribution in [2.45, 2.75) is 0 Å². The first-order valence-corrected chi connectivity index (χ1v) is 2.19. The number of rotatable bonds is 0. The van der Waals surface area contributed by atoms with Gasteiger partial charge in [0.05, 0.1) is 0 Å². The smallest absolute Gasteiger partial charge is 0.822 e. The molecule has 0 saturated heterocycles. The average molecular weight is 313 g/mol. The molecule has 0 spiro atoms. The second-order valence-electron chi connectivity index (χ2n) is 0.447. The molecule has 0 aliphatic rings. The minimum atomic E-state index is -5.39. The molecule has 0 aromatic rings. The second-order valence-corrected chi connectivity index (χ2v) is 1.34. The molecule has 0 aliphatic carbocycles.